The third-order valence-corrected chi connectivity index (χ3v) is 8.55. The molecule has 1 aliphatic heterocycles. The van der Waals surface area contributed by atoms with Crippen molar-refractivity contribution in [2.24, 2.45) is 0 Å². The Morgan fingerprint density at radius 2 is 1.81 bits per heavy atom. The van der Waals surface area contributed by atoms with Crippen LogP contribution in [0.3, 0.4) is 0 Å². The Labute approximate surface area is 185 Å². The number of esters is 1. The van der Waals surface area contributed by atoms with Gasteiger partial charge in [0.2, 0.25) is 10.0 Å². The molecule has 0 radical (unpaired) electrons. The molecule has 2 aromatic rings. The van der Waals surface area contributed by atoms with Crippen LogP contribution in [0.25, 0.3) is 0 Å². The molecule has 0 unspecified atom stereocenters. The second kappa shape index (κ2) is 8.79. The van der Waals surface area contributed by atoms with Crippen LogP contribution >= 0.6 is 0 Å². The van der Waals surface area contributed by atoms with Gasteiger partial charge in [-0.3, -0.25) is 4.79 Å². The minimum absolute atomic E-state index is 0.208. The quantitative estimate of drug-likeness (QED) is 0.579. The molecular formula is C24H32N2O4S. The number of rotatable bonds is 8. The van der Waals surface area contributed by atoms with E-state index < -0.39 is 10.0 Å². The van der Waals surface area contributed by atoms with Gasteiger partial charge in [0.15, 0.2) is 0 Å². The summed E-state index contributed by atoms with van der Waals surface area (Å²) in [4.78, 5) is 12.6. The maximum absolute atomic E-state index is 13.3. The summed E-state index contributed by atoms with van der Waals surface area (Å²) in [6.45, 7) is 7.72. The lowest BCUT2D eigenvalue weighted by Crippen LogP contribution is -2.28. The van der Waals surface area contributed by atoms with E-state index in [1.54, 1.807) is 16.4 Å². The lowest BCUT2D eigenvalue weighted by atomic mass is 10.0. The van der Waals surface area contributed by atoms with E-state index in [0.29, 0.717) is 36.9 Å². The maximum atomic E-state index is 13.3. The molecule has 2 fully saturated rings. The van der Waals surface area contributed by atoms with Crippen molar-refractivity contribution in [3.05, 3.63) is 52.3 Å². The van der Waals surface area contributed by atoms with E-state index in [1.165, 1.54) is 11.3 Å². The first-order valence-corrected chi connectivity index (χ1v) is 12.7. The Balaban J connectivity index is 1.72. The molecule has 2 heterocycles. The van der Waals surface area contributed by atoms with Crippen LogP contribution in [0.5, 0.6) is 0 Å². The lowest BCUT2D eigenvalue weighted by Gasteiger charge is -2.18. The van der Waals surface area contributed by atoms with E-state index in [1.807, 2.05) is 26.0 Å². The summed E-state index contributed by atoms with van der Waals surface area (Å²) >= 11 is 0. The van der Waals surface area contributed by atoms with Crippen molar-refractivity contribution in [3.63, 3.8) is 0 Å². The molecule has 4 rings (SSSR count). The Morgan fingerprint density at radius 1 is 1.13 bits per heavy atom. The molecule has 168 valence electrons. The van der Waals surface area contributed by atoms with Crippen LogP contribution in [0.1, 0.15) is 66.6 Å². The van der Waals surface area contributed by atoms with Gasteiger partial charge in [0.05, 0.1) is 11.5 Å². The predicted molar refractivity (Wildman–Crippen MR) is 120 cm³/mol. The second-order valence-corrected chi connectivity index (χ2v) is 10.5. The van der Waals surface area contributed by atoms with E-state index >= 15 is 0 Å². The minimum Gasteiger partial charge on any atom is -0.465 e. The van der Waals surface area contributed by atoms with E-state index in [-0.39, 0.29) is 12.5 Å². The molecule has 0 bridgehead atoms. The van der Waals surface area contributed by atoms with Crippen molar-refractivity contribution in [2.45, 2.75) is 70.2 Å². The number of sulfonamides is 1. The number of benzene rings is 1. The van der Waals surface area contributed by atoms with Gasteiger partial charge in [0.25, 0.3) is 0 Å². The van der Waals surface area contributed by atoms with Gasteiger partial charge in [-0.1, -0.05) is 18.2 Å². The predicted octanol–water partition coefficient (Wildman–Crippen LogP) is 3.92. The van der Waals surface area contributed by atoms with E-state index in [0.717, 1.165) is 42.5 Å². The zero-order valence-electron chi connectivity index (χ0n) is 18.7. The summed E-state index contributed by atoms with van der Waals surface area (Å²) in [7, 11) is -3.50. The number of carbonyl (C=O) groups is 1. The van der Waals surface area contributed by atoms with Crippen molar-refractivity contribution < 1.29 is 17.9 Å². The van der Waals surface area contributed by atoms with Gasteiger partial charge in [0, 0.05) is 30.9 Å². The van der Waals surface area contributed by atoms with Gasteiger partial charge < -0.3 is 9.30 Å². The zero-order chi connectivity index (χ0) is 22.2. The first kappa shape index (κ1) is 22.1. The van der Waals surface area contributed by atoms with Crippen molar-refractivity contribution in [2.75, 3.05) is 19.7 Å². The normalized spacial score (nSPS) is 17.3. The van der Waals surface area contributed by atoms with Crippen LogP contribution in [-0.2, 0) is 32.5 Å². The molecular weight excluding hydrogens is 412 g/mol. The minimum atomic E-state index is -3.50. The molecule has 0 amide bonds. The van der Waals surface area contributed by atoms with Gasteiger partial charge in [-0.05, 0) is 75.1 Å². The third-order valence-electron chi connectivity index (χ3n) is 6.55. The highest BCUT2D eigenvalue weighted by molar-refractivity contribution is 7.89. The Bertz CT molecular complexity index is 1080. The van der Waals surface area contributed by atoms with Gasteiger partial charge in [-0.2, -0.15) is 4.31 Å². The molecule has 7 heteroatoms. The number of aromatic nitrogens is 1. The summed E-state index contributed by atoms with van der Waals surface area (Å²) in [5, 5.41) is 0. The molecule has 1 saturated heterocycles. The standard InChI is InChI=1S/C24H32N2O4S/c1-4-30-23(27)16-26-18(3)21(17(2)24(26)19-11-12-19)15-20-9-5-6-10-22(20)31(28,29)25-13-7-8-14-25/h5-6,9-10,19H,4,7-8,11-16H2,1-3H3. The van der Waals surface area contributed by atoms with Gasteiger partial charge in [-0.15, -0.1) is 0 Å². The summed E-state index contributed by atoms with van der Waals surface area (Å²) in [6, 6.07) is 7.35. The SMILES string of the molecule is CCOC(=O)Cn1c(C)c(Cc2ccccc2S(=O)(=O)N2CCCC2)c(C)c1C1CC1. The van der Waals surface area contributed by atoms with Gasteiger partial charge in [0.1, 0.15) is 6.54 Å². The lowest BCUT2D eigenvalue weighted by molar-refractivity contribution is -0.143. The second-order valence-electron chi connectivity index (χ2n) is 8.64. The zero-order valence-corrected chi connectivity index (χ0v) is 19.5. The van der Waals surface area contributed by atoms with Crippen LogP contribution in [-0.4, -0.2) is 43.0 Å². The van der Waals surface area contributed by atoms with Crippen LogP contribution in [0.4, 0.5) is 0 Å². The van der Waals surface area contributed by atoms with Crippen molar-refractivity contribution in [1.29, 1.82) is 0 Å². The average Bonchev–Trinajstić information content (AvgIpc) is 3.35. The molecule has 1 saturated carbocycles. The average molecular weight is 445 g/mol. The highest BCUT2D eigenvalue weighted by Crippen LogP contribution is 2.44. The van der Waals surface area contributed by atoms with Crippen molar-refractivity contribution >= 4 is 16.0 Å². The molecule has 0 atom stereocenters. The topological polar surface area (TPSA) is 68.6 Å². The van der Waals surface area contributed by atoms with Gasteiger partial charge in [-0.25, -0.2) is 8.42 Å². The Kier molecular flexibility index (Phi) is 6.26. The molecule has 2 aliphatic rings. The summed E-state index contributed by atoms with van der Waals surface area (Å²) < 4.78 is 35.5. The fourth-order valence-corrected chi connectivity index (χ4v) is 6.55. The number of hydrogen-bond donors (Lipinski definition) is 0. The summed E-state index contributed by atoms with van der Waals surface area (Å²) in [5.74, 6) is 0.247. The van der Waals surface area contributed by atoms with Crippen molar-refractivity contribution in [1.82, 2.24) is 8.87 Å². The summed E-state index contributed by atoms with van der Waals surface area (Å²) in [6.07, 6.45) is 4.64. The first-order chi connectivity index (χ1) is 14.8. The number of hydrogen-bond acceptors (Lipinski definition) is 4. The fraction of sp³-hybridized carbons (Fsp3) is 0.542. The molecule has 0 N–H and O–H groups in total. The largest absolute Gasteiger partial charge is 0.465 e. The number of ether oxygens (including phenoxy) is 1. The number of carbonyl (C=O) groups excluding carboxylic acids is 1. The van der Waals surface area contributed by atoms with E-state index in [9.17, 15) is 13.2 Å². The molecule has 6 nitrogen and oxygen atoms in total. The van der Waals surface area contributed by atoms with E-state index in [2.05, 4.69) is 11.5 Å². The van der Waals surface area contributed by atoms with Crippen molar-refractivity contribution in [3.8, 4) is 0 Å². The smallest absolute Gasteiger partial charge is 0.325 e. The van der Waals surface area contributed by atoms with Crippen LogP contribution in [0.15, 0.2) is 29.2 Å². The fourth-order valence-electron chi connectivity index (χ4n) is 4.81. The molecule has 1 aliphatic carbocycles. The molecule has 31 heavy (non-hydrogen) atoms. The molecule has 1 aromatic heterocycles. The van der Waals surface area contributed by atoms with Gasteiger partial charge >= 0.3 is 5.97 Å². The van der Waals surface area contributed by atoms with Crippen LogP contribution in [0, 0.1) is 13.8 Å². The van der Waals surface area contributed by atoms with E-state index in [4.69, 9.17) is 4.74 Å². The summed E-state index contributed by atoms with van der Waals surface area (Å²) in [5.41, 5.74) is 5.35. The highest BCUT2D eigenvalue weighted by atomic mass is 32.2. The third kappa shape index (κ3) is 4.30. The highest BCUT2D eigenvalue weighted by Gasteiger charge is 2.33. The molecule has 0 spiro atoms. The van der Waals surface area contributed by atoms with Crippen LogP contribution in [0.2, 0.25) is 0 Å². The monoisotopic (exact) mass is 444 g/mol. The van der Waals surface area contributed by atoms with Crippen LogP contribution < -0.4 is 0 Å². The maximum Gasteiger partial charge on any atom is 0.325 e. The first-order valence-electron chi connectivity index (χ1n) is 11.3. The Morgan fingerprint density at radius 3 is 2.45 bits per heavy atom. The number of nitrogens with zero attached hydrogens (tertiary/aromatic N) is 2. The Hall–Kier alpha value is -2.12. The molecule has 1 aromatic carbocycles.